The fourth-order valence-corrected chi connectivity index (χ4v) is 6.44. The predicted octanol–water partition coefficient (Wildman–Crippen LogP) is 10.5. The lowest BCUT2D eigenvalue weighted by Gasteiger charge is -2.28. The first-order valence-electron chi connectivity index (χ1n) is 13.2. The molecule has 0 bridgehead atoms. The van der Waals surface area contributed by atoms with E-state index < -0.39 is 6.08 Å². The summed E-state index contributed by atoms with van der Waals surface area (Å²) in [5, 5.41) is 0. The third-order valence-corrected chi connectivity index (χ3v) is 9.25. The van der Waals surface area contributed by atoms with Crippen molar-refractivity contribution in [2.75, 3.05) is 0 Å². The summed E-state index contributed by atoms with van der Waals surface area (Å²) in [5.41, 5.74) is 18.1. The molecule has 0 radical (unpaired) electrons. The topological polar surface area (TPSA) is 0 Å². The van der Waals surface area contributed by atoms with Gasteiger partial charge in [0.05, 0.1) is 0 Å². The van der Waals surface area contributed by atoms with E-state index in [1.807, 2.05) is 0 Å². The van der Waals surface area contributed by atoms with E-state index >= 15 is 0 Å². The summed E-state index contributed by atoms with van der Waals surface area (Å²) >= 11 is 0. The molecule has 0 N–H and O–H groups in total. The van der Waals surface area contributed by atoms with Gasteiger partial charge in [-0.1, -0.05) is 6.08 Å². The normalized spacial score (nSPS) is 18.7. The molecule has 0 nitrogen and oxygen atoms in total. The minimum Gasteiger partial charge on any atom is -0.174 e. The molecule has 35 heavy (non-hydrogen) atoms. The van der Waals surface area contributed by atoms with Crippen molar-refractivity contribution in [1.29, 1.82) is 0 Å². The monoisotopic (exact) mass is 478 g/mol. The zero-order valence-electron chi connectivity index (χ0n) is 23.6. The second kappa shape index (κ2) is 10.8. The lowest BCUT2D eigenvalue weighted by atomic mass is 9.77. The Morgan fingerprint density at radius 1 is 0.629 bits per heavy atom. The van der Waals surface area contributed by atoms with Gasteiger partial charge in [-0.3, -0.25) is 0 Å². The number of allylic oxidation sites excluding steroid dienone is 3. The zero-order chi connectivity index (χ0) is 26.2. The number of halogens is 2. The average molecular weight is 479 g/mol. The lowest BCUT2D eigenvalue weighted by molar-refractivity contribution is 0.308. The maximum absolute atomic E-state index is 12.5. The van der Waals surface area contributed by atoms with Crippen molar-refractivity contribution in [2.24, 2.45) is 11.8 Å². The van der Waals surface area contributed by atoms with Gasteiger partial charge in [0.2, 0.25) is 0 Å². The van der Waals surface area contributed by atoms with E-state index in [4.69, 9.17) is 0 Å². The molecule has 0 amide bonds. The van der Waals surface area contributed by atoms with Crippen LogP contribution in [0.1, 0.15) is 94.7 Å². The Kier molecular flexibility index (Phi) is 8.45. The first-order chi connectivity index (χ1) is 16.4. The molecule has 1 aliphatic carbocycles. The zero-order valence-corrected chi connectivity index (χ0v) is 23.6. The van der Waals surface area contributed by atoms with E-state index in [0.29, 0.717) is 18.3 Å². The van der Waals surface area contributed by atoms with Crippen molar-refractivity contribution in [1.82, 2.24) is 0 Å². The Bertz CT molecular complexity index is 1120. The highest BCUT2D eigenvalue weighted by molar-refractivity contribution is 5.84. The van der Waals surface area contributed by atoms with Gasteiger partial charge in [0.1, 0.15) is 0 Å². The van der Waals surface area contributed by atoms with Crippen molar-refractivity contribution in [3.8, 4) is 11.1 Å². The summed E-state index contributed by atoms with van der Waals surface area (Å²) in [5.74, 6) is 0.943. The highest BCUT2D eigenvalue weighted by Gasteiger charge is 2.23. The quantitative estimate of drug-likeness (QED) is 0.401. The summed E-state index contributed by atoms with van der Waals surface area (Å²) in [6.45, 7) is 22.7. The standard InChI is InChI=1S/C33H44F2/c1-18(17-29-13-11-28(12-14-29)15-16-30(34)35)31-24(7)26(9)33(27(10)25(31)8)32-22(5)20(3)19(2)21(4)23(32)6/h16-17,28-29H,11-15H2,1-10H3. The van der Waals surface area contributed by atoms with Crippen LogP contribution in [0.2, 0.25) is 0 Å². The summed E-state index contributed by atoms with van der Waals surface area (Å²) in [4.78, 5) is 0. The SMILES string of the molecule is CC(=CC1CCC(CC=C(F)F)CC1)c1c(C)c(C)c(-c2c(C)c(C)c(C)c(C)c2C)c(C)c1C. The third kappa shape index (κ3) is 5.32. The molecule has 2 aromatic rings. The van der Waals surface area contributed by atoms with E-state index in [1.165, 1.54) is 72.3 Å². The fourth-order valence-electron chi connectivity index (χ4n) is 6.44. The molecule has 0 heterocycles. The number of benzene rings is 2. The Balaban J connectivity index is 2.00. The minimum atomic E-state index is -1.54. The van der Waals surface area contributed by atoms with Gasteiger partial charge in [-0.25, -0.2) is 0 Å². The van der Waals surface area contributed by atoms with Gasteiger partial charge in [0.15, 0.2) is 0 Å². The number of hydrogen-bond donors (Lipinski definition) is 0. The molecule has 1 saturated carbocycles. The highest BCUT2D eigenvalue weighted by atomic mass is 19.3. The van der Waals surface area contributed by atoms with E-state index in [0.717, 1.165) is 31.8 Å². The molecule has 0 saturated heterocycles. The van der Waals surface area contributed by atoms with Gasteiger partial charge in [0, 0.05) is 0 Å². The molecule has 0 aromatic heterocycles. The Hall–Kier alpha value is -2.22. The van der Waals surface area contributed by atoms with Gasteiger partial charge < -0.3 is 0 Å². The molecule has 0 atom stereocenters. The van der Waals surface area contributed by atoms with Crippen LogP contribution in [0.5, 0.6) is 0 Å². The molecule has 1 fully saturated rings. The van der Waals surface area contributed by atoms with E-state index in [-0.39, 0.29) is 0 Å². The van der Waals surface area contributed by atoms with Crippen molar-refractivity contribution >= 4 is 5.57 Å². The van der Waals surface area contributed by atoms with Crippen LogP contribution in [-0.2, 0) is 0 Å². The summed E-state index contributed by atoms with van der Waals surface area (Å²) in [6.07, 6.45) is 6.82. The van der Waals surface area contributed by atoms with E-state index in [9.17, 15) is 8.78 Å². The van der Waals surface area contributed by atoms with Gasteiger partial charge in [-0.2, -0.15) is 8.78 Å². The Morgan fingerprint density at radius 2 is 1.03 bits per heavy atom. The van der Waals surface area contributed by atoms with Crippen LogP contribution in [0.25, 0.3) is 16.7 Å². The van der Waals surface area contributed by atoms with Gasteiger partial charge in [0.25, 0.3) is 6.08 Å². The summed E-state index contributed by atoms with van der Waals surface area (Å²) in [6, 6.07) is 0. The van der Waals surface area contributed by atoms with Crippen LogP contribution in [0.4, 0.5) is 8.78 Å². The van der Waals surface area contributed by atoms with Gasteiger partial charge >= 0.3 is 0 Å². The first kappa shape index (κ1) is 27.4. The Morgan fingerprint density at radius 3 is 1.46 bits per heavy atom. The van der Waals surface area contributed by atoms with Gasteiger partial charge in [-0.15, -0.1) is 0 Å². The lowest BCUT2D eigenvalue weighted by Crippen LogP contribution is -2.13. The average Bonchev–Trinajstić information content (AvgIpc) is 2.82. The van der Waals surface area contributed by atoms with Gasteiger partial charge in [-0.05, 0) is 192 Å². The molecule has 2 aromatic carbocycles. The second-order valence-corrected chi connectivity index (χ2v) is 11.1. The smallest absolute Gasteiger partial charge is 0.174 e. The maximum atomic E-state index is 12.5. The predicted molar refractivity (Wildman–Crippen MR) is 149 cm³/mol. The van der Waals surface area contributed by atoms with Crippen LogP contribution < -0.4 is 0 Å². The van der Waals surface area contributed by atoms with Crippen LogP contribution in [-0.4, -0.2) is 0 Å². The molecule has 1 aliphatic rings. The molecular weight excluding hydrogens is 434 g/mol. The fraction of sp³-hybridized carbons (Fsp3) is 0.515. The van der Waals surface area contributed by atoms with Crippen molar-refractivity contribution in [3.05, 3.63) is 73.9 Å². The molecule has 0 unspecified atom stereocenters. The molecule has 0 spiro atoms. The minimum absolute atomic E-state index is 0.404. The molecule has 0 aliphatic heterocycles. The van der Waals surface area contributed by atoms with Crippen LogP contribution in [0, 0.1) is 74.1 Å². The second-order valence-electron chi connectivity index (χ2n) is 11.1. The largest absolute Gasteiger partial charge is 0.266 e. The number of rotatable bonds is 5. The molecule has 190 valence electrons. The molecule has 2 heteroatoms. The van der Waals surface area contributed by atoms with Crippen molar-refractivity contribution in [3.63, 3.8) is 0 Å². The Labute approximate surface area is 212 Å². The maximum Gasteiger partial charge on any atom is 0.266 e. The van der Waals surface area contributed by atoms with Crippen LogP contribution in [0.15, 0.2) is 18.2 Å². The van der Waals surface area contributed by atoms with Crippen LogP contribution in [0.3, 0.4) is 0 Å². The summed E-state index contributed by atoms with van der Waals surface area (Å²) in [7, 11) is 0. The summed E-state index contributed by atoms with van der Waals surface area (Å²) < 4.78 is 24.9. The molecule has 3 rings (SSSR count). The van der Waals surface area contributed by atoms with Crippen LogP contribution >= 0.6 is 0 Å². The van der Waals surface area contributed by atoms with E-state index in [2.05, 4.69) is 75.3 Å². The van der Waals surface area contributed by atoms with Crippen molar-refractivity contribution in [2.45, 2.75) is 101 Å². The first-order valence-corrected chi connectivity index (χ1v) is 13.2. The molecular formula is C33H44F2. The highest BCUT2D eigenvalue weighted by Crippen LogP contribution is 2.42. The van der Waals surface area contributed by atoms with Crippen molar-refractivity contribution < 1.29 is 8.78 Å². The third-order valence-electron chi connectivity index (χ3n) is 9.25. The van der Waals surface area contributed by atoms with E-state index in [1.54, 1.807) is 0 Å². The number of hydrogen-bond acceptors (Lipinski definition) is 0.